The minimum Gasteiger partial charge on any atom is -0.322 e. The summed E-state index contributed by atoms with van der Waals surface area (Å²) in [4.78, 5) is 29.4. The van der Waals surface area contributed by atoms with Crippen molar-refractivity contribution < 1.29 is 13.6 Å². The number of carbonyl (C=O) groups is 1. The molecule has 2 aromatic carbocycles. The minimum absolute atomic E-state index is 0.182. The van der Waals surface area contributed by atoms with Crippen molar-refractivity contribution in [2.75, 3.05) is 5.32 Å². The lowest BCUT2D eigenvalue weighted by Crippen LogP contribution is -2.30. The van der Waals surface area contributed by atoms with Gasteiger partial charge in [0.15, 0.2) is 5.52 Å². The Bertz CT molecular complexity index is 1290. The van der Waals surface area contributed by atoms with E-state index in [1.165, 1.54) is 11.3 Å². The predicted octanol–water partition coefficient (Wildman–Crippen LogP) is 3.75. The van der Waals surface area contributed by atoms with Crippen LogP contribution in [0.3, 0.4) is 0 Å². The lowest BCUT2D eigenvalue weighted by Gasteiger charge is -2.10. The summed E-state index contributed by atoms with van der Waals surface area (Å²) in [6.45, 7) is 1.34. The summed E-state index contributed by atoms with van der Waals surface area (Å²) < 4.78 is 28.4. The van der Waals surface area contributed by atoms with Gasteiger partial charge in [-0.3, -0.25) is 9.59 Å². The summed E-state index contributed by atoms with van der Waals surface area (Å²) in [5, 5.41) is 7.39. The molecule has 29 heavy (non-hydrogen) atoms. The first-order chi connectivity index (χ1) is 13.9. The molecule has 0 spiro atoms. The lowest BCUT2D eigenvalue weighted by molar-refractivity contribution is -0.117. The summed E-state index contributed by atoms with van der Waals surface area (Å²) >= 11 is 1.35. The number of carbonyl (C=O) groups excluding carboxylic acids is 1. The Labute approximate surface area is 167 Å². The molecule has 6 nitrogen and oxygen atoms in total. The van der Waals surface area contributed by atoms with E-state index < -0.39 is 29.6 Å². The van der Waals surface area contributed by atoms with E-state index in [1.807, 2.05) is 30.3 Å². The van der Waals surface area contributed by atoms with Gasteiger partial charge in [0.05, 0.1) is 15.4 Å². The van der Waals surface area contributed by atoms with Crippen LogP contribution in [-0.2, 0) is 11.3 Å². The summed E-state index contributed by atoms with van der Waals surface area (Å²) in [6, 6.07) is 12.0. The van der Waals surface area contributed by atoms with Gasteiger partial charge in [-0.2, -0.15) is 5.10 Å². The Morgan fingerprint density at radius 3 is 2.66 bits per heavy atom. The molecule has 0 aliphatic heterocycles. The number of anilines is 1. The predicted molar refractivity (Wildman–Crippen MR) is 107 cm³/mol. The van der Waals surface area contributed by atoms with Gasteiger partial charge in [0.25, 0.3) is 5.56 Å². The molecule has 0 saturated carbocycles. The third-order valence-corrected chi connectivity index (χ3v) is 5.13. The largest absolute Gasteiger partial charge is 0.322 e. The molecule has 1 N–H and O–H groups in total. The molecule has 0 saturated heterocycles. The number of hydrogen-bond donors (Lipinski definition) is 1. The Morgan fingerprint density at radius 1 is 1.17 bits per heavy atom. The van der Waals surface area contributed by atoms with Gasteiger partial charge in [0, 0.05) is 11.6 Å². The third-order valence-electron chi connectivity index (χ3n) is 4.15. The van der Waals surface area contributed by atoms with E-state index in [-0.39, 0.29) is 11.2 Å². The first kappa shape index (κ1) is 18.9. The van der Waals surface area contributed by atoms with E-state index >= 15 is 0 Å². The van der Waals surface area contributed by atoms with Gasteiger partial charge in [0.1, 0.15) is 23.9 Å². The van der Waals surface area contributed by atoms with Gasteiger partial charge in [-0.1, -0.05) is 30.3 Å². The monoisotopic (exact) mass is 412 g/mol. The molecule has 0 radical (unpaired) electrons. The van der Waals surface area contributed by atoms with Gasteiger partial charge in [-0.25, -0.2) is 18.4 Å². The van der Waals surface area contributed by atoms with Crippen molar-refractivity contribution >= 4 is 33.1 Å². The number of thiazole rings is 1. The zero-order valence-electron chi connectivity index (χ0n) is 15.1. The first-order valence-corrected chi connectivity index (χ1v) is 9.42. The molecular weight excluding hydrogens is 398 g/mol. The van der Waals surface area contributed by atoms with Gasteiger partial charge in [-0.05, 0) is 19.1 Å². The molecule has 146 valence electrons. The van der Waals surface area contributed by atoms with Crippen molar-refractivity contribution in [1.29, 1.82) is 0 Å². The molecule has 4 rings (SSSR count). The van der Waals surface area contributed by atoms with Crippen LogP contribution in [0.15, 0.2) is 53.3 Å². The second-order valence-corrected chi connectivity index (χ2v) is 7.46. The van der Waals surface area contributed by atoms with Crippen molar-refractivity contribution in [1.82, 2.24) is 14.8 Å². The second-order valence-electron chi connectivity index (χ2n) is 6.26. The van der Waals surface area contributed by atoms with Gasteiger partial charge in [-0.15, -0.1) is 11.3 Å². The molecule has 0 aliphatic rings. The lowest BCUT2D eigenvalue weighted by atomic mass is 10.1. The molecule has 1 amide bonds. The van der Waals surface area contributed by atoms with Crippen molar-refractivity contribution in [3.8, 4) is 11.3 Å². The number of aromatic nitrogens is 3. The highest BCUT2D eigenvalue weighted by atomic mass is 32.1. The van der Waals surface area contributed by atoms with Crippen LogP contribution in [0.4, 0.5) is 14.5 Å². The van der Waals surface area contributed by atoms with Crippen LogP contribution in [0.2, 0.25) is 0 Å². The minimum atomic E-state index is -0.908. The number of fused-ring (bicyclic) bond motifs is 1. The Morgan fingerprint density at radius 2 is 1.93 bits per heavy atom. The topological polar surface area (TPSA) is 76.9 Å². The third kappa shape index (κ3) is 3.77. The van der Waals surface area contributed by atoms with Crippen LogP contribution in [0.1, 0.15) is 5.01 Å². The van der Waals surface area contributed by atoms with Crippen LogP contribution >= 0.6 is 11.3 Å². The number of rotatable bonds is 4. The summed E-state index contributed by atoms with van der Waals surface area (Å²) in [6.07, 6.45) is 0. The van der Waals surface area contributed by atoms with Crippen LogP contribution < -0.4 is 10.9 Å². The maximum absolute atomic E-state index is 13.8. The van der Waals surface area contributed by atoms with Crippen LogP contribution in [0.5, 0.6) is 0 Å². The molecule has 0 bridgehead atoms. The van der Waals surface area contributed by atoms with E-state index in [9.17, 15) is 18.4 Å². The molecule has 2 aromatic heterocycles. The first-order valence-electron chi connectivity index (χ1n) is 8.61. The normalized spacial score (nSPS) is 11.0. The highest BCUT2D eigenvalue weighted by Gasteiger charge is 2.18. The van der Waals surface area contributed by atoms with Crippen molar-refractivity contribution in [3.63, 3.8) is 0 Å². The number of hydrogen-bond acceptors (Lipinski definition) is 5. The van der Waals surface area contributed by atoms with Crippen LogP contribution in [-0.4, -0.2) is 20.7 Å². The fourth-order valence-corrected chi connectivity index (χ4v) is 3.79. The van der Waals surface area contributed by atoms with Crippen LogP contribution in [0.25, 0.3) is 21.5 Å². The maximum Gasteiger partial charge on any atom is 0.294 e. The Hall–Kier alpha value is -3.46. The molecule has 4 aromatic rings. The molecule has 9 heteroatoms. The summed E-state index contributed by atoms with van der Waals surface area (Å²) in [5.74, 6) is -2.33. The van der Waals surface area contributed by atoms with Crippen LogP contribution in [0, 0.1) is 18.6 Å². The van der Waals surface area contributed by atoms with E-state index in [2.05, 4.69) is 15.4 Å². The average Bonchev–Trinajstić information content (AvgIpc) is 3.09. The fraction of sp³-hybridized carbons (Fsp3) is 0.100. The maximum atomic E-state index is 13.8. The number of aryl methyl sites for hydroxylation is 1. The zero-order chi connectivity index (χ0) is 20.5. The van der Waals surface area contributed by atoms with Gasteiger partial charge >= 0.3 is 0 Å². The number of benzene rings is 2. The molecular formula is C20H14F2N4O2S. The Kier molecular flexibility index (Phi) is 4.89. The van der Waals surface area contributed by atoms with E-state index in [0.29, 0.717) is 21.5 Å². The molecule has 0 atom stereocenters. The number of amides is 1. The molecule has 2 heterocycles. The second kappa shape index (κ2) is 7.51. The number of nitrogens with one attached hydrogen (secondary N) is 1. The number of halogens is 2. The molecule has 0 aliphatic carbocycles. The van der Waals surface area contributed by atoms with Gasteiger partial charge < -0.3 is 5.32 Å². The SMILES string of the molecule is Cc1nc2c(=O)n(CC(=O)Nc3ccc(F)cc3F)nc(-c3ccccc3)c2s1. The molecule has 0 fully saturated rings. The average molecular weight is 412 g/mol. The van der Waals surface area contributed by atoms with Crippen molar-refractivity contribution in [2.45, 2.75) is 13.5 Å². The van der Waals surface area contributed by atoms with E-state index in [4.69, 9.17) is 0 Å². The van der Waals surface area contributed by atoms with Gasteiger partial charge in [0.2, 0.25) is 5.91 Å². The smallest absolute Gasteiger partial charge is 0.294 e. The van der Waals surface area contributed by atoms with Crippen molar-refractivity contribution in [2.24, 2.45) is 0 Å². The standard InChI is InChI=1S/C20H14F2N4O2S/c1-11-23-18-19(29-11)17(12-5-3-2-4-6-12)25-26(20(18)28)10-16(27)24-15-8-7-13(21)9-14(15)22/h2-9H,10H2,1H3,(H,24,27). The zero-order valence-corrected chi connectivity index (χ0v) is 16.0. The fourth-order valence-electron chi connectivity index (χ4n) is 2.87. The van der Waals surface area contributed by atoms with E-state index in [1.54, 1.807) is 6.92 Å². The quantitative estimate of drug-likeness (QED) is 0.554. The Balaban J connectivity index is 1.73. The van der Waals surface area contributed by atoms with E-state index in [0.717, 1.165) is 22.4 Å². The highest BCUT2D eigenvalue weighted by molar-refractivity contribution is 7.19. The summed E-state index contributed by atoms with van der Waals surface area (Å²) in [7, 11) is 0. The molecule has 0 unspecified atom stereocenters. The highest BCUT2D eigenvalue weighted by Crippen LogP contribution is 2.29. The summed E-state index contributed by atoms with van der Waals surface area (Å²) in [5.41, 5.74) is 0.839. The number of nitrogens with zero attached hydrogens (tertiary/aromatic N) is 3. The van der Waals surface area contributed by atoms with Crippen molar-refractivity contribution in [3.05, 3.63) is 75.5 Å².